The van der Waals surface area contributed by atoms with Crippen molar-refractivity contribution in [3.8, 4) is 0 Å². The lowest BCUT2D eigenvalue weighted by atomic mass is 9.97. The zero-order valence-corrected chi connectivity index (χ0v) is 8.55. The molecule has 2 N–H and O–H groups in total. The highest BCUT2D eigenvalue weighted by Crippen LogP contribution is 2.41. The van der Waals surface area contributed by atoms with E-state index in [9.17, 15) is 10.1 Å². The van der Waals surface area contributed by atoms with Crippen LogP contribution < -0.4 is 5.73 Å². The van der Waals surface area contributed by atoms with Gasteiger partial charge in [0.2, 0.25) is 0 Å². The highest BCUT2D eigenvalue weighted by atomic mass is 32.1. The van der Waals surface area contributed by atoms with Crippen LogP contribution in [-0.2, 0) is 5.54 Å². The molecule has 2 rings (SSSR count). The molecule has 0 saturated heterocycles. The van der Waals surface area contributed by atoms with Gasteiger partial charge in [-0.3, -0.25) is 10.1 Å². The van der Waals surface area contributed by atoms with Gasteiger partial charge in [0.1, 0.15) is 0 Å². The molecule has 0 aliphatic heterocycles. The van der Waals surface area contributed by atoms with E-state index in [0.717, 1.165) is 30.6 Å². The molecule has 0 unspecified atom stereocenters. The van der Waals surface area contributed by atoms with Crippen LogP contribution in [0.15, 0.2) is 12.1 Å². The normalized spacial score (nSPS) is 19.8. The van der Waals surface area contributed by atoms with Crippen LogP contribution in [0.4, 0.5) is 5.00 Å². The topological polar surface area (TPSA) is 69.2 Å². The van der Waals surface area contributed by atoms with Gasteiger partial charge in [-0.25, -0.2) is 0 Å². The van der Waals surface area contributed by atoms with Gasteiger partial charge in [-0.15, -0.1) is 0 Å². The van der Waals surface area contributed by atoms with Crippen LogP contribution in [-0.4, -0.2) is 4.92 Å². The van der Waals surface area contributed by atoms with Crippen LogP contribution in [0.5, 0.6) is 0 Å². The Balaban J connectivity index is 2.28. The van der Waals surface area contributed by atoms with Crippen molar-refractivity contribution in [2.24, 2.45) is 5.73 Å². The number of hydrogen-bond donors (Lipinski definition) is 1. The van der Waals surface area contributed by atoms with E-state index in [0.29, 0.717) is 0 Å². The SMILES string of the molecule is NC1(c2ccc([N+](=O)[O-])s2)CCCC1. The van der Waals surface area contributed by atoms with Gasteiger partial charge >= 0.3 is 5.00 Å². The summed E-state index contributed by atoms with van der Waals surface area (Å²) in [7, 11) is 0. The van der Waals surface area contributed by atoms with E-state index in [1.807, 2.05) is 0 Å². The van der Waals surface area contributed by atoms with Crippen LogP contribution in [0.3, 0.4) is 0 Å². The molecule has 1 aliphatic rings. The summed E-state index contributed by atoms with van der Waals surface area (Å²) in [5.41, 5.74) is 5.89. The van der Waals surface area contributed by atoms with Crippen molar-refractivity contribution in [1.29, 1.82) is 0 Å². The largest absolute Gasteiger partial charge is 0.324 e. The van der Waals surface area contributed by atoms with Gasteiger partial charge in [-0.2, -0.15) is 0 Å². The Bertz CT molecular complexity index is 355. The average molecular weight is 212 g/mol. The van der Waals surface area contributed by atoms with Gasteiger partial charge in [0, 0.05) is 10.9 Å². The van der Waals surface area contributed by atoms with Crippen molar-refractivity contribution >= 4 is 16.3 Å². The molecule has 1 fully saturated rings. The minimum atomic E-state index is -0.355. The fraction of sp³-hybridized carbons (Fsp3) is 0.556. The molecule has 5 heteroatoms. The maximum Gasteiger partial charge on any atom is 0.324 e. The first kappa shape index (κ1) is 9.61. The van der Waals surface area contributed by atoms with Gasteiger partial charge in [-0.1, -0.05) is 24.2 Å². The minimum Gasteiger partial charge on any atom is -0.321 e. The molecule has 0 spiro atoms. The first-order valence-electron chi connectivity index (χ1n) is 4.65. The fourth-order valence-corrected chi connectivity index (χ4v) is 2.93. The Morgan fingerprint density at radius 1 is 1.43 bits per heavy atom. The third kappa shape index (κ3) is 1.53. The maximum atomic E-state index is 10.5. The standard InChI is InChI=1S/C9H12N2O2S/c10-9(5-1-2-6-9)7-3-4-8(14-7)11(12)13/h3-4H,1-2,5-6,10H2. The van der Waals surface area contributed by atoms with Gasteiger partial charge < -0.3 is 5.73 Å². The zero-order valence-electron chi connectivity index (χ0n) is 7.73. The maximum absolute atomic E-state index is 10.5. The van der Waals surface area contributed by atoms with Crippen molar-refractivity contribution in [2.45, 2.75) is 31.2 Å². The molecule has 14 heavy (non-hydrogen) atoms. The van der Waals surface area contributed by atoms with Crippen LogP contribution in [0.2, 0.25) is 0 Å². The first-order chi connectivity index (χ1) is 6.62. The predicted octanol–water partition coefficient (Wildman–Crippen LogP) is 2.38. The summed E-state index contributed by atoms with van der Waals surface area (Å²) in [5.74, 6) is 0. The van der Waals surface area contributed by atoms with Crippen LogP contribution in [0, 0.1) is 10.1 Å². The van der Waals surface area contributed by atoms with E-state index in [1.165, 1.54) is 11.3 Å². The number of thiophene rings is 1. The highest BCUT2D eigenvalue weighted by molar-refractivity contribution is 7.15. The third-order valence-corrected chi connectivity index (χ3v) is 4.02. The van der Waals surface area contributed by atoms with Crippen molar-refractivity contribution in [3.05, 3.63) is 27.1 Å². The molecule has 0 atom stereocenters. The summed E-state index contributed by atoms with van der Waals surface area (Å²) in [6.45, 7) is 0. The summed E-state index contributed by atoms with van der Waals surface area (Å²) in [5, 5.41) is 10.7. The number of hydrogen-bond acceptors (Lipinski definition) is 4. The number of nitrogens with two attached hydrogens (primary N) is 1. The molecule has 0 bridgehead atoms. The van der Waals surface area contributed by atoms with Crippen LogP contribution in [0.1, 0.15) is 30.6 Å². The minimum absolute atomic E-state index is 0.191. The molecule has 76 valence electrons. The monoisotopic (exact) mass is 212 g/mol. The fourth-order valence-electron chi connectivity index (χ4n) is 1.95. The van der Waals surface area contributed by atoms with Gasteiger partial charge in [0.15, 0.2) is 0 Å². The molecular weight excluding hydrogens is 200 g/mol. The molecule has 0 radical (unpaired) electrons. The second kappa shape index (κ2) is 3.33. The van der Waals surface area contributed by atoms with Gasteiger partial charge in [0.25, 0.3) is 0 Å². The molecule has 0 amide bonds. The molecule has 1 saturated carbocycles. The first-order valence-corrected chi connectivity index (χ1v) is 5.47. The second-order valence-corrected chi connectivity index (χ2v) is 4.82. The molecule has 1 heterocycles. The Labute approximate surface area is 85.9 Å². The summed E-state index contributed by atoms with van der Waals surface area (Å²) < 4.78 is 0. The van der Waals surface area contributed by atoms with E-state index in [4.69, 9.17) is 5.73 Å². The Morgan fingerprint density at radius 3 is 2.57 bits per heavy atom. The lowest BCUT2D eigenvalue weighted by molar-refractivity contribution is -0.380. The van der Waals surface area contributed by atoms with Crippen LogP contribution >= 0.6 is 11.3 Å². The van der Waals surface area contributed by atoms with Crippen molar-refractivity contribution in [3.63, 3.8) is 0 Å². The Kier molecular flexibility index (Phi) is 2.28. The van der Waals surface area contributed by atoms with Crippen molar-refractivity contribution < 1.29 is 4.92 Å². The molecule has 1 aromatic heterocycles. The molecule has 1 aliphatic carbocycles. The average Bonchev–Trinajstić information content (AvgIpc) is 2.71. The lowest BCUT2D eigenvalue weighted by Crippen LogP contribution is -2.31. The van der Waals surface area contributed by atoms with Gasteiger partial charge in [0.05, 0.1) is 10.5 Å². The summed E-state index contributed by atoms with van der Waals surface area (Å²) in [6, 6.07) is 3.35. The van der Waals surface area contributed by atoms with E-state index in [2.05, 4.69) is 0 Å². The third-order valence-electron chi connectivity index (χ3n) is 2.76. The molecule has 4 nitrogen and oxygen atoms in total. The quantitative estimate of drug-likeness (QED) is 0.604. The van der Waals surface area contributed by atoms with E-state index in [-0.39, 0.29) is 15.5 Å². The number of nitrogens with zero attached hydrogens (tertiary/aromatic N) is 1. The summed E-state index contributed by atoms with van der Waals surface area (Å²) in [4.78, 5) is 11.1. The second-order valence-electron chi connectivity index (χ2n) is 3.76. The zero-order chi connectivity index (χ0) is 10.2. The number of nitro groups is 1. The van der Waals surface area contributed by atoms with Crippen molar-refractivity contribution in [2.75, 3.05) is 0 Å². The summed E-state index contributed by atoms with van der Waals surface area (Å²) in [6.07, 6.45) is 4.15. The van der Waals surface area contributed by atoms with E-state index in [1.54, 1.807) is 12.1 Å². The van der Waals surface area contributed by atoms with Gasteiger partial charge in [-0.05, 0) is 18.9 Å². The van der Waals surface area contributed by atoms with E-state index >= 15 is 0 Å². The Morgan fingerprint density at radius 2 is 2.07 bits per heavy atom. The van der Waals surface area contributed by atoms with Crippen LogP contribution in [0.25, 0.3) is 0 Å². The lowest BCUT2D eigenvalue weighted by Gasteiger charge is -2.20. The molecule has 1 aromatic rings. The highest BCUT2D eigenvalue weighted by Gasteiger charge is 2.33. The number of rotatable bonds is 2. The van der Waals surface area contributed by atoms with E-state index < -0.39 is 0 Å². The predicted molar refractivity (Wildman–Crippen MR) is 55.3 cm³/mol. The molecular formula is C9H12N2O2S. The smallest absolute Gasteiger partial charge is 0.321 e. The summed E-state index contributed by atoms with van der Waals surface area (Å²) >= 11 is 1.21. The van der Waals surface area contributed by atoms with Crippen molar-refractivity contribution in [1.82, 2.24) is 0 Å². The molecule has 0 aromatic carbocycles. The Hall–Kier alpha value is -0.940.